The maximum absolute atomic E-state index is 14.5. The van der Waals surface area contributed by atoms with Gasteiger partial charge in [-0.1, -0.05) is 27.7 Å². The number of ether oxygens (including phenoxy) is 2. The number of imidazole rings is 2. The molecule has 4 aliphatic carbocycles. The molecule has 2 saturated heterocycles. The summed E-state index contributed by atoms with van der Waals surface area (Å²) in [7, 11) is 2.94. The van der Waals surface area contributed by atoms with Crippen LogP contribution < -0.4 is 10.6 Å². The van der Waals surface area contributed by atoms with Crippen LogP contribution >= 0.6 is 0 Å². The van der Waals surface area contributed by atoms with Gasteiger partial charge in [0, 0.05) is 67.7 Å². The monoisotopic (exact) mass is 788 g/mol. The van der Waals surface area contributed by atoms with E-state index in [1.165, 1.54) is 7.11 Å². The van der Waals surface area contributed by atoms with Crippen LogP contribution in [0.3, 0.4) is 0 Å². The first kappa shape index (κ1) is 40.0. The van der Waals surface area contributed by atoms with Crippen molar-refractivity contribution in [3.8, 4) is 0 Å². The average Bonchev–Trinajstić information content (AvgIpc) is 4.06. The van der Waals surface area contributed by atoms with Gasteiger partial charge in [0.25, 0.3) is 0 Å². The van der Waals surface area contributed by atoms with Gasteiger partial charge < -0.3 is 34.6 Å². The predicted octanol–water partition coefficient (Wildman–Crippen LogP) is 5.59. The van der Waals surface area contributed by atoms with E-state index in [1.807, 2.05) is 36.0 Å². The third-order valence-electron chi connectivity index (χ3n) is 14.9. The number of H-pyrrole nitrogens is 2. The van der Waals surface area contributed by atoms with Crippen molar-refractivity contribution in [3.63, 3.8) is 0 Å². The van der Waals surface area contributed by atoms with Crippen molar-refractivity contribution in [1.29, 1.82) is 0 Å². The summed E-state index contributed by atoms with van der Waals surface area (Å²) in [6, 6.07) is -1.24. The predicted molar refractivity (Wildman–Crippen MR) is 211 cm³/mol. The van der Waals surface area contributed by atoms with Gasteiger partial charge in [-0.15, -0.1) is 0 Å². The summed E-state index contributed by atoms with van der Waals surface area (Å²) in [5.41, 5.74) is 2.20. The molecular weight excluding hydrogens is 725 g/mol. The highest BCUT2D eigenvalue weighted by Crippen LogP contribution is 2.64. The molecule has 4 heterocycles. The number of nitrogens with one attached hydrogen (secondary N) is 4. The number of ketones is 1. The molecule has 14 nitrogen and oxygen atoms in total. The number of aromatic amines is 2. The van der Waals surface area contributed by atoms with Gasteiger partial charge in [-0.3, -0.25) is 19.7 Å². The molecule has 6 aliphatic rings. The van der Waals surface area contributed by atoms with Gasteiger partial charge in [-0.25, -0.2) is 14.8 Å². The third-order valence-corrected chi connectivity index (χ3v) is 14.9. The minimum absolute atomic E-state index is 0.0719. The van der Waals surface area contributed by atoms with Crippen molar-refractivity contribution in [3.05, 3.63) is 35.4 Å². The first-order valence-corrected chi connectivity index (χ1v) is 21.8. The highest BCUT2D eigenvalue weighted by Gasteiger charge is 2.61. The lowest BCUT2D eigenvalue weighted by Crippen LogP contribution is -2.51. The van der Waals surface area contributed by atoms with E-state index in [2.05, 4.69) is 34.4 Å². The topological polar surface area (TPSA) is 175 Å². The van der Waals surface area contributed by atoms with Crippen LogP contribution in [0.15, 0.2) is 12.4 Å². The number of Topliss-reactive ketones (excluding diaryl/α,β-unsaturated/α-hetero) is 1. The smallest absolute Gasteiger partial charge is 0.407 e. The molecule has 12 atom stereocenters. The minimum atomic E-state index is -0.676. The maximum atomic E-state index is 14.5. The molecule has 2 aliphatic heterocycles. The van der Waals surface area contributed by atoms with Crippen molar-refractivity contribution in [1.82, 2.24) is 40.4 Å². The van der Waals surface area contributed by atoms with E-state index in [9.17, 15) is 19.2 Å². The Kier molecular flexibility index (Phi) is 11.6. The van der Waals surface area contributed by atoms with Crippen LogP contribution in [0.2, 0.25) is 0 Å². The third kappa shape index (κ3) is 7.42. The molecular formula is C43H64N8O6. The van der Waals surface area contributed by atoms with Gasteiger partial charge in [-0.05, 0) is 99.7 Å². The van der Waals surface area contributed by atoms with Crippen LogP contribution in [0.4, 0.5) is 4.79 Å². The lowest BCUT2D eigenvalue weighted by molar-refractivity contribution is -0.136. The van der Waals surface area contributed by atoms with Crippen LogP contribution in [-0.2, 0) is 23.9 Å². The van der Waals surface area contributed by atoms with Gasteiger partial charge in [0.05, 0.1) is 32.0 Å². The fraction of sp³-hybridized carbons (Fsp3) is 0.767. The lowest BCUT2D eigenvalue weighted by atomic mass is 9.55. The number of hydrogen-bond acceptors (Lipinski definition) is 9. The zero-order valence-corrected chi connectivity index (χ0v) is 34.7. The number of aromatic nitrogens is 4. The van der Waals surface area contributed by atoms with Crippen molar-refractivity contribution < 1.29 is 28.7 Å². The SMILES string of the molecule is COCNC(C(=O)N1CCCC1c1ncc(C2CC3CCC4CC(c5cnc(C6CCCN6C(=O)C(NC(=O)OC)C(C)C)[nH]5)CC5C(=O)C(C2)C3C45)[nH]1)C(C)C. The number of rotatable bonds is 12. The van der Waals surface area contributed by atoms with Gasteiger partial charge in [0.15, 0.2) is 0 Å². The molecule has 0 bridgehead atoms. The maximum Gasteiger partial charge on any atom is 0.407 e. The molecule has 0 radical (unpaired) electrons. The molecule has 8 rings (SSSR count). The molecule has 57 heavy (non-hydrogen) atoms. The Morgan fingerprint density at radius 3 is 1.70 bits per heavy atom. The Morgan fingerprint density at radius 2 is 1.25 bits per heavy atom. The highest BCUT2D eigenvalue weighted by molar-refractivity contribution is 5.87. The van der Waals surface area contributed by atoms with E-state index in [0.29, 0.717) is 42.7 Å². The summed E-state index contributed by atoms with van der Waals surface area (Å²) >= 11 is 0. The number of likely N-dealkylation sites (tertiary alicyclic amines) is 2. The Morgan fingerprint density at radius 1 is 0.754 bits per heavy atom. The standard InChI is InChI=1S/C43H64N8O6/c1-22(2)36(46-21-56-5)41(53)50-13-7-9-32(50)39-44-19-30(47-39)26-15-24-11-12-25-16-27(18-29-35(25)34(24)28(17-26)38(29)52)31-20-45-40(48-31)33-10-8-14-51(33)42(54)37(23(3)4)49-43(55)57-6/h19-20,22-29,32-37,46H,7-18,21H2,1-6H3,(H,44,47)(H,45,48)(H,49,55). The molecule has 6 fully saturated rings. The van der Waals surface area contributed by atoms with Crippen molar-refractivity contribution in [2.24, 2.45) is 47.3 Å². The second-order valence-corrected chi connectivity index (χ2v) is 18.7. The van der Waals surface area contributed by atoms with Crippen LogP contribution in [0.5, 0.6) is 0 Å². The normalized spacial score (nSPS) is 33.2. The lowest BCUT2D eigenvalue weighted by Gasteiger charge is -2.49. The van der Waals surface area contributed by atoms with Crippen molar-refractivity contribution in [2.75, 3.05) is 34.0 Å². The first-order valence-electron chi connectivity index (χ1n) is 21.8. The molecule has 3 amide bonds. The van der Waals surface area contributed by atoms with Crippen molar-refractivity contribution in [2.45, 2.75) is 128 Å². The van der Waals surface area contributed by atoms with E-state index >= 15 is 0 Å². The molecule has 312 valence electrons. The molecule has 0 aromatic carbocycles. The Labute approximate surface area is 336 Å². The van der Waals surface area contributed by atoms with Crippen molar-refractivity contribution >= 4 is 23.7 Å². The summed E-state index contributed by atoms with van der Waals surface area (Å²) in [4.78, 5) is 75.0. The highest BCUT2D eigenvalue weighted by atomic mass is 16.5. The van der Waals surface area contributed by atoms with Crippen LogP contribution in [0.25, 0.3) is 0 Å². The van der Waals surface area contributed by atoms with Crippen LogP contribution in [0.1, 0.15) is 139 Å². The summed E-state index contributed by atoms with van der Waals surface area (Å²) in [5, 5.41) is 6.01. The fourth-order valence-corrected chi connectivity index (χ4v) is 12.4. The average molecular weight is 789 g/mol. The molecule has 0 spiro atoms. The van der Waals surface area contributed by atoms with E-state index in [4.69, 9.17) is 19.4 Å². The van der Waals surface area contributed by atoms with Gasteiger partial charge in [0.1, 0.15) is 23.5 Å². The second kappa shape index (κ2) is 16.5. The number of carbonyl (C=O) groups excluding carboxylic acids is 4. The van der Waals surface area contributed by atoms with E-state index in [0.717, 1.165) is 93.8 Å². The molecule has 14 heteroatoms. The van der Waals surface area contributed by atoms with E-state index in [-0.39, 0.29) is 65.4 Å². The summed E-state index contributed by atoms with van der Waals surface area (Å²) < 4.78 is 10.0. The number of carbonyl (C=O) groups is 4. The fourth-order valence-electron chi connectivity index (χ4n) is 12.4. The van der Waals surface area contributed by atoms with E-state index < -0.39 is 12.1 Å². The van der Waals surface area contributed by atoms with Gasteiger partial charge in [0.2, 0.25) is 11.8 Å². The van der Waals surface area contributed by atoms with E-state index in [1.54, 1.807) is 7.11 Å². The molecule has 12 unspecified atom stereocenters. The van der Waals surface area contributed by atoms with Crippen LogP contribution in [0, 0.1) is 47.3 Å². The Balaban J connectivity index is 0.941. The molecule has 4 N–H and O–H groups in total. The second-order valence-electron chi connectivity index (χ2n) is 18.7. The van der Waals surface area contributed by atoms with Gasteiger partial charge >= 0.3 is 6.09 Å². The van der Waals surface area contributed by atoms with Crippen LogP contribution in [-0.4, -0.2) is 99.6 Å². The number of amides is 3. The molecule has 2 aromatic heterocycles. The minimum Gasteiger partial charge on any atom is -0.453 e. The number of hydrogen-bond donors (Lipinski definition) is 4. The number of nitrogens with zero attached hydrogens (tertiary/aromatic N) is 4. The summed E-state index contributed by atoms with van der Waals surface area (Å²) in [6.07, 6.45) is 13.1. The largest absolute Gasteiger partial charge is 0.453 e. The molecule has 4 saturated carbocycles. The summed E-state index contributed by atoms with van der Waals surface area (Å²) in [5.74, 6) is 4.83. The quantitative estimate of drug-likeness (QED) is 0.200. The zero-order valence-electron chi connectivity index (χ0n) is 34.7. The first-order chi connectivity index (χ1) is 27.5. The zero-order chi connectivity index (χ0) is 40.1. The van der Waals surface area contributed by atoms with Gasteiger partial charge in [-0.2, -0.15) is 0 Å². The Bertz CT molecular complexity index is 1790. The Hall–Kier alpha value is -3.78. The molecule has 2 aromatic rings. The number of methoxy groups -OCH3 is 2. The number of alkyl carbamates (subject to hydrolysis) is 1. The summed E-state index contributed by atoms with van der Waals surface area (Å²) in [6.45, 7) is 9.64.